The van der Waals surface area contributed by atoms with Crippen molar-refractivity contribution < 1.29 is 13.9 Å². The smallest absolute Gasteiger partial charge is 0.232 e. The van der Waals surface area contributed by atoms with Gasteiger partial charge in [0, 0.05) is 32.5 Å². The summed E-state index contributed by atoms with van der Waals surface area (Å²) in [7, 11) is 1.74. The van der Waals surface area contributed by atoms with Crippen molar-refractivity contribution in [2.45, 2.75) is 31.9 Å². The summed E-state index contributed by atoms with van der Waals surface area (Å²) >= 11 is 0. The fourth-order valence-corrected chi connectivity index (χ4v) is 4.13. The van der Waals surface area contributed by atoms with Crippen molar-refractivity contribution >= 4 is 22.4 Å². The number of rotatable bonds is 7. The average Bonchev–Trinajstić information content (AvgIpc) is 3.51. The Kier molecular flexibility index (Phi) is 5.21. The number of furan rings is 1. The van der Waals surface area contributed by atoms with E-state index in [0.717, 1.165) is 41.9 Å². The first-order valence-electron chi connectivity index (χ1n) is 10.5. The van der Waals surface area contributed by atoms with Gasteiger partial charge in [0.25, 0.3) is 0 Å². The molecule has 9 nitrogen and oxygen atoms in total. The van der Waals surface area contributed by atoms with Gasteiger partial charge in [-0.25, -0.2) is 14.5 Å². The molecule has 162 valence electrons. The lowest BCUT2D eigenvalue weighted by atomic mass is 10.2. The highest BCUT2D eigenvalue weighted by molar-refractivity contribution is 5.92. The molecule has 1 saturated heterocycles. The van der Waals surface area contributed by atoms with Gasteiger partial charge >= 0.3 is 0 Å². The standard InChI is InChI=1S/C22H26N6O3/c1-14(11-23)30-21-6-5-20-25-12-17(28(20)26-21)19-10-16-18(31-19)7-8-24-22(16)27-9-3-4-15(27)13-29-2/h5-8,10,12,14-15H,3-4,9,11,13,23H2,1-2H3/t14-,15+/m1/s1. The van der Waals surface area contributed by atoms with Crippen LogP contribution in [-0.2, 0) is 4.74 Å². The summed E-state index contributed by atoms with van der Waals surface area (Å²) in [4.78, 5) is 11.5. The molecule has 5 rings (SSSR count). The van der Waals surface area contributed by atoms with E-state index < -0.39 is 0 Å². The van der Waals surface area contributed by atoms with Gasteiger partial charge in [-0.15, -0.1) is 5.10 Å². The topological polar surface area (TPSA) is 104 Å². The minimum absolute atomic E-state index is 0.128. The summed E-state index contributed by atoms with van der Waals surface area (Å²) in [5.74, 6) is 2.09. The van der Waals surface area contributed by atoms with Crippen molar-refractivity contribution in [3.63, 3.8) is 0 Å². The Morgan fingerprint density at radius 1 is 1.29 bits per heavy atom. The van der Waals surface area contributed by atoms with Crippen molar-refractivity contribution in [3.05, 3.63) is 36.7 Å². The first-order valence-corrected chi connectivity index (χ1v) is 10.5. The third kappa shape index (κ3) is 3.60. The van der Waals surface area contributed by atoms with Gasteiger partial charge in [0.05, 0.1) is 24.2 Å². The fourth-order valence-electron chi connectivity index (χ4n) is 4.13. The monoisotopic (exact) mass is 422 g/mol. The first-order chi connectivity index (χ1) is 15.2. The van der Waals surface area contributed by atoms with Gasteiger partial charge in [-0.05, 0) is 38.0 Å². The van der Waals surface area contributed by atoms with Crippen LogP contribution in [0.1, 0.15) is 19.8 Å². The molecule has 2 atom stereocenters. The predicted octanol–water partition coefficient (Wildman–Crippen LogP) is 2.88. The maximum Gasteiger partial charge on any atom is 0.232 e. The van der Waals surface area contributed by atoms with E-state index in [9.17, 15) is 0 Å². The molecule has 1 fully saturated rings. The van der Waals surface area contributed by atoms with E-state index in [1.54, 1.807) is 30.1 Å². The Morgan fingerprint density at radius 2 is 2.19 bits per heavy atom. The van der Waals surface area contributed by atoms with Gasteiger partial charge in [-0.2, -0.15) is 0 Å². The SMILES string of the molecule is COC[C@@H]1CCCN1c1nccc2oc(-c3cnc4ccc(O[C@H](C)CN)nn34)cc12. The Labute approximate surface area is 179 Å². The van der Waals surface area contributed by atoms with Crippen LogP contribution < -0.4 is 15.4 Å². The zero-order valence-corrected chi connectivity index (χ0v) is 17.7. The van der Waals surface area contributed by atoms with Gasteiger partial charge in [0.2, 0.25) is 5.88 Å². The molecule has 9 heteroatoms. The van der Waals surface area contributed by atoms with E-state index in [1.807, 2.05) is 25.1 Å². The maximum atomic E-state index is 6.20. The maximum absolute atomic E-state index is 6.20. The number of nitrogens with zero attached hydrogens (tertiary/aromatic N) is 5. The van der Waals surface area contributed by atoms with E-state index in [-0.39, 0.29) is 6.10 Å². The van der Waals surface area contributed by atoms with E-state index in [4.69, 9.17) is 19.6 Å². The molecule has 0 unspecified atom stereocenters. The van der Waals surface area contributed by atoms with Crippen molar-refractivity contribution in [3.8, 4) is 17.3 Å². The van der Waals surface area contributed by atoms with Crippen molar-refractivity contribution in [1.29, 1.82) is 0 Å². The molecule has 0 aliphatic carbocycles. The molecule has 0 spiro atoms. The number of fused-ring (bicyclic) bond motifs is 2. The number of hydrogen-bond donors (Lipinski definition) is 1. The van der Waals surface area contributed by atoms with E-state index in [1.165, 1.54) is 0 Å². The number of imidazole rings is 1. The van der Waals surface area contributed by atoms with Gasteiger partial charge < -0.3 is 24.5 Å². The summed E-state index contributed by atoms with van der Waals surface area (Å²) in [6, 6.07) is 7.88. The highest BCUT2D eigenvalue weighted by Gasteiger charge is 2.28. The predicted molar refractivity (Wildman–Crippen MR) is 117 cm³/mol. The number of anilines is 1. The number of pyridine rings is 1. The minimum atomic E-state index is -0.128. The largest absolute Gasteiger partial charge is 0.472 e. The molecule has 31 heavy (non-hydrogen) atoms. The van der Waals surface area contributed by atoms with Gasteiger partial charge in [-0.3, -0.25) is 0 Å². The highest BCUT2D eigenvalue weighted by atomic mass is 16.5. The van der Waals surface area contributed by atoms with Crippen LogP contribution in [0.25, 0.3) is 28.1 Å². The second-order valence-corrected chi connectivity index (χ2v) is 7.85. The molecular weight excluding hydrogens is 396 g/mol. The molecule has 5 heterocycles. The first kappa shape index (κ1) is 19.8. The van der Waals surface area contributed by atoms with Crippen LogP contribution in [0.2, 0.25) is 0 Å². The quantitative estimate of drug-likeness (QED) is 0.485. The van der Waals surface area contributed by atoms with Crippen molar-refractivity contribution in [2.24, 2.45) is 5.73 Å². The minimum Gasteiger partial charge on any atom is -0.472 e. The molecule has 2 N–H and O–H groups in total. The summed E-state index contributed by atoms with van der Waals surface area (Å²) in [6.45, 7) is 3.96. The molecule has 1 aliphatic rings. The second-order valence-electron chi connectivity index (χ2n) is 7.85. The van der Waals surface area contributed by atoms with Gasteiger partial charge in [0.15, 0.2) is 11.4 Å². The molecule has 4 aromatic rings. The van der Waals surface area contributed by atoms with Crippen LogP contribution in [-0.4, -0.2) is 58.5 Å². The second kappa shape index (κ2) is 8.16. The Morgan fingerprint density at radius 3 is 3.03 bits per heavy atom. The summed E-state index contributed by atoms with van der Waals surface area (Å²) in [5, 5.41) is 5.55. The van der Waals surface area contributed by atoms with Gasteiger partial charge in [0.1, 0.15) is 23.2 Å². The van der Waals surface area contributed by atoms with Gasteiger partial charge in [-0.1, -0.05) is 0 Å². The molecular formula is C22H26N6O3. The van der Waals surface area contributed by atoms with Crippen LogP contribution >= 0.6 is 0 Å². The zero-order chi connectivity index (χ0) is 21.4. The van der Waals surface area contributed by atoms with Crippen LogP contribution in [0.15, 0.2) is 41.1 Å². The lowest BCUT2D eigenvalue weighted by molar-refractivity contribution is 0.180. The van der Waals surface area contributed by atoms with Crippen LogP contribution in [0.5, 0.6) is 5.88 Å². The Balaban J connectivity index is 1.55. The molecule has 4 aromatic heterocycles. The lowest BCUT2D eigenvalue weighted by Gasteiger charge is -2.25. The third-order valence-corrected chi connectivity index (χ3v) is 5.68. The van der Waals surface area contributed by atoms with Crippen molar-refractivity contribution in [2.75, 3.05) is 31.7 Å². The molecule has 0 bridgehead atoms. The number of nitrogens with two attached hydrogens (primary N) is 1. The summed E-state index contributed by atoms with van der Waals surface area (Å²) in [5.41, 5.74) is 7.90. The average molecular weight is 422 g/mol. The van der Waals surface area contributed by atoms with E-state index in [0.29, 0.717) is 36.5 Å². The van der Waals surface area contributed by atoms with E-state index >= 15 is 0 Å². The van der Waals surface area contributed by atoms with Crippen LogP contribution in [0.3, 0.4) is 0 Å². The molecule has 1 aliphatic heterocycles. The van der Waals surface area contributed by atoms with Crippen LogP contribution in [0, 0.1) is 0 Å². The van der Waals surface area contributed by atoms with Crippen molar-refractivity contribution in [1.82, 2.24) is 19.6 Å². The number of methoxy groups -OCH3 is 1. The normalized spacial score (nSPS) is 17.6. The highest BCUT2D eigenvalue weighted by Crippen LogP contribution is 2.35. The Bertz CT molecular complexity index is 1200. The lowest BCUT2D eigenvalue weighted by Crippen LogP contribution is -2.33. The number of hydrogen-bond acceptors (Lipinski definition) is 8. The zero-order valence-electron chi connectivity index (χ0n) is 17.7. The summed E-state index contributed by atoms with van der Waals surface area (Å²) in [6.07, 6.45) is 5.64. The number of aromatic nitrogens is 4. The fraction of sp³-hybridized carbons (Fsp3) is 0.409. The molecule has 0 radical (unpaired) electrons. The molecule has 0 amide bonds. The van der Waals surface area contributed by atoms with E-state index in [2.05, 4.69) is 20.0 Å². The molecule has 0 saturated carbocycles. The third-order valence-electron chi connectivity index (χ3n) is 5.68. The number of ether oxygens (including phenoxy) is 2. The molecule has 0 aromatic carbocycles. The summed E-state index contributed by atoms with van der Waals surface area (Å²) < 4.78 is 19.1. The Hall–Kier alpha value is -3.17. The van der Waals surface area contributed by atoms with Crippen LogP contribution in [0.4, 0.5) is 5.82 Å².